The first kappa shape index (κ1) is 33.0. The van der Waals surface area contributed by atoms with E-state index in [9.17, 15) is 23.6 Å². The van der Waals surface area contributed by atoms with Gasteiger partial charge < -0.3 is 29.0 Å². The Morgan fingerprint density at radius 2 is 1.84 bits per heavy atom. The third-order valence-corrected chi connectivity index (χ3v) is 6.63. The summed E-state index contributed by atoms with van der Waals surface area (Å²) < 4.78 is 23.0. The first-order valence-corrected chi connectivity index (χ1v) is 14.0. The number of nitrogens with zero attached hydrogens (tertiary/aromatic N) is 5. The zero-order chi connectivity index (χ0) is 32.1. The normalized spacial score (nSPS) is 12.4. The van der Waals surface area contributed by atoms with Crippen molar-refractivity contribution in [1.29, 1.82) is 0 Å². The largest absolute Gasteiger partial charge is 0.436 e. The van der Waals surface area contributed by atoms with Gasteiger partial charge >= 0.3 is 6.09 Å². The molecule has 3 amide bonds. The summed E-state index contributed by atoms with van der Waals surface area (Å²) in [6.45, 7) is 6.29. The number of fused-ring (bicyclic) bond motifs is 1. The van der Waals surface area contributed by atoms with Crippen molar-refractivity contribution in [2.75, 3.05) is 33.5 Å². The highest BCUT2D eigenvalue weighted by Crippen LogP contribution is 2.28. The van der Waals surface area contributed by atoms with Gasteiger partial charge in [-0.3, -0.25) is 14.4 Å². The standard InChI is InChI=1S/C31H41FN6O5/c1-31(2,3)18-20-16-21(32)17-23-27(20)34-25(37(23)8)19-38-15-11-12-22(29(38)41)33-28(40)24(43-30(42)36(6)7)13-9-10-14-26(39)35(4)5/h10-12,14-17,24H,9,13,18-19H2,1-8H3,(H,33,40)/b14-10+/t24-/m0/s1. The Kier molecular flexibility index (Phi) is 10.5. The summed E-state index contributed by atoms with van der Waals surface area (Å²) in [4.78, 5) is 57.9. The van der Waals surface area contributed by atoms with E-state index in [1.165, 1.54) is 52.7 Å². The number of allylic oxidation sites excluding steroid dienone is 1. The topological polar surface area (TPSA) is 119 Å². The summed E-state index contributed by atoms with van der Waals surface area (Å²) in [6, 6.07) is 6.00. The van der Waals surface area contributed by atoms with Gasteiger partial charge in [0.05, 0.1) is 17.6 Å². The SMILES string of the molecule is CN(C)C(=O)/C=C/CC[C@H](OC(=O)N(C)C)C(=O)Nc1cccn(Cc2nc3c(CC(C)(C)C)cc(F)cc3n2C)c1=O. The van der Waals surface area contributed by atoms with E-state index >= 15 is 0 Å². The molecule has 43 heavy (non-hydrogen) atoms. The zero-order valence-corrected chi connectivity index (χ0v) is 26.1. The molecule has 12 heteroatoms. The van der Waals surface area contributed by atoms with Gasteiger partial charge in [-0.25, -0.2) is 14.2 Å². The fourth-order valence-electron chi connectivity index (χ4n) is 4.39. The molecule has 0 radical (unpaired) electrons. The molecular weight excluding hydrogens is 555 g/mol. The van der Waals surface area contributed by atoms with E-state index in [0.29, 0.717) is 23.3 Å². The van der Waals surface area contributed by atoms with Crippen LogP contribution in [0, 0.1) is 11.2 Å². The summed E-state index contributed by atoms with van der Waals surface area (Å²) >= 11 is 0. The van der Waals surface area contributed by atoms with Crippen LogP contribution in [0.3, 0.4) is 0 Å². The fourth-order valence-corrected chi connectivity index (χ4v) is 4.39. The predicted octanol–water partition coefficient (Wildman–Crippen LogP) is 3.94. The highest BCUT2D eigenvalue weighted by Gasteiger charge is 2.25. The van der Waals surface area contributed by atoms with Gasteiger partial charge in [0, 0.05) is 41.4 Å². The summed E-state index contributed by atoms with van der Waals surface area (Å²) in [7, 11) is 7.99. The van der Waals surface area contributed by atoms with E-state index in [1.807, 2.05) is 0 Å². The van der Waals surface area contributed by atoms with Gasteiger partial charge in [-0.1, -0.05) is 26.8 Å². The highest BCUT2D eigenvalue weighted by atomic mass is 19.1. The van der Waals surface area contributed by atoms with Crippen LogP contribution in [0.25, 0.3) is 11.0 Å². The summed E-state index contributed by atoms with van der Waals surface area (Å²) in [5, 5.41) is 2.59. The lowest BCUT2D eigenvalue weighted by Gasteiger charge is -2.19. The maximum Gasteiger partial charge on any atom is 0.410 e. The van der Waals surface area contributed by atoms with Gasteiger partial charge in [0.15, 0.2) is 6.10 Å². The molecule has 3 aromatic rings. The number of likely N-dealkylation sites (N-methyl/N-ethyl adjacent to an activating group) is 1. The predicted molar refractivity (Wildman–Crippen MR) is 163 cm³/mol. The van der Waals surface area contributed by atoms with Crippen molar-refractivity contribution in [3.63, 3.8) is 0 Å². The van der Waals surface area contributed by atoms with Crippen LogP contribution in [0.1, 0.15) is 45.0 Å². The Hall–Kier alpha value is -4.48. The van der Waals surface area contributed by atoms with Crippen molar-refractivity contribution in [2.45, 2.75) is 52.7 Å². The van der Waals surface area contributed by atoms with Crippen LogP contribution in [0.15, 0.2) is 47.4 Å². The lowest BCUT2D eigenvalue weighted by atomic mass is 9.87. The molecule has 0 saturated carbocycles. The number of benzene rings is 1. The van der Waals surface area contributed by atoms with Crippen LogP contribution >= 0.6 is 0 Å². The number of hydrogen-bond acceptors (Lipinski definition) is 6. The number of carbonyl (C=O) groups excluding carboxylic acids is 3. The van der Waals surface area contributed by atoms with E-state index < -0.39 is 23.7 Å². The van der Waals surface area contributed by atoms with Crippen LogP contribution in [-0.2, 0) is 34.3 Å². The van der Waals surface area contributed by atoms with E-state index in [1.54, 1.807) is 44.0 Å². The molecular formula is C31H41FN6O5. The third-order valence-electron chi connectivity index (χ3n) is 6.63. The minimum absolute atomic E-state index is 0.00467. The zero-order valence-electron chi connectivity index (χ0n) is 26.1. The van der Waals surface area contributed by atoms with Crippen LogP contribution in [0.2, 0.25) is 0 Å². The number of anilines is 1. The van der Waals surface area contributed by atoms with Crippen molar-refractivity contribution in [3.05, 3.63) is 70.2 Å². The molecule has 11 nitrogen and oxygen atoms in total. The number of aryl methyl sites for hydroxylation is 1. The lowest BCUT2D eigenvalue weighted by molar-refractivity contribution is -0.125. The number of imidazole rings is 1. The first-order chi connectivity index (χ1) is 20.1. The number of rotatable bonds is 10. The quantitative estimate of drug-likeness (QED) is 0.354. The second-order valence-corrected chi connectivity index (χ2v) is 12.1. The maximum absolute atomic E-state index is 14.5. The molecule has 1 N–H and O–H groups in total. The Labute approximate surface area is 250 Å². The minimum Gasteiger partial charge on any atom is -0.436 e. The Morgan fingerprint density at radius 1 is 1.14 bits per heavy atom. The Balaban J connectivity index is 1.85. The van der Waals surface area contributed by atoms with Gasteiger partial charge in [0.1, 0.15) is 17.3 Å². The molecule has 0 aliphatic rings. The average Bonchev–Trinajstić information content (AvgIpc) is 3.21. The van der Waals surface area contributed by atoms with Gasteiger partial charge in [-0.05, 0) is 60.6 Å². The lowest BCUT2D eigenvalue weighted by Crippen LogP contribution is -2.37. The summed E-state index contributed by atoms with van der Waals surface area (Å²) in [6.07, 6.45) is 3.61. The van der Waals surface area contributed by atoms with E-state index in [4.69, 9.17) is 9.72 Å². The van der Waals surface area contributed by atoms with E-state index in [2.05, 4.69) is 26.1 Å². The molecule has 0 aliphatic heterocycles. The minimum atomic E-state index is -1.21. The smallest absolute Gasteiger partial charge is 0.410 e. The van der Waals surface area contributed by atoms with Crippen LogP contribution < -0.4 is 10.9 Å². The maximum atomic E-state index is 14.5. The molecule has 1 atom stereocenters. The summed E-state index contributed by atoms with van der Waals surface area (Å²) in [5.41, 5.74) is 1.52. The molecule has 2 aromatic heterocycles. The molecule has 0 saturated heterocycles. The second kappa shape index (κ2) is 13.7. The molecule has 0 spiro atoms. The van der Waals surface area contributed by atoms with Crippen molar-refractivity contribution < 1.29 is 23.5 Å². The second-order valence-electron chi connectivity index (χ2n) is 12.1. The highest BCUT2D eigenvalue weighted by molar-refractivity contribution is 5.95. The number of aromatic nitrogens is 3. The van der Waals surface area contributed by atoms with Crippen molar-refractivity contribution in [3.8, 4) is 0 Å². The van der Waals surface area contributed by atoms with Gasteiger partial charge in [-0.2, -0.15) is 0 Å². The van der Waals surface area contributed by atoms with Crippen molar-refractivity contribution in [1.82, 2.24) is 23.9 Å². The summed E-state index contributed by atoms with van der Waals surface area (Å²) in [5.74, 6) is -0.708. The molecule has 0 bridgehead atoms. The molecule has 0 aliphatic carbocycles. The molecule has 3 rings (SSSR count). The van der Waals surface area contributed by atoms with Crippen LogP contribution in [0.4, 0.5) is 14.9 Å². The van der Waals surface area contributed by atoms with Crippen LogP contribution in [0.5, 0.6) is 0 Å². The first-order valence-electron chi connectivity index (χ1n) is 14.0. The average molecular weight is 597 g/mol. The van der Waals surface area contributed by atoms with E-state index in [0.717, 1.165) is 5.56 Å². The molecule has 2 heterocycles. The number of amides is 3. The number of carbonyl (C=O) groups is 3. The number of nitrogens with one attached hydrogen (secondary N) is 1. The third kappa shape index (κ3) is 8.76. The molecule has 1 aromatic carbocycles. The van der Waals surface area contributed by atoms with Gasteiger partial charge in [0.25, 0.3) is 11.5 Å². The number of ether oxygens (including phenoxy) is 1. The molecule has 0 unspecified atom stereocenters. The van der Waals surface area contributed by atoms with Crippen molar-refractivity contribution in [2.24, 2.45) is 12.5 Å². The monoisotopic (exact) mass is 596 g/mol. The van der Waals surface area contributed by atoms with Gasteiger partial charge in [-0.15, -0.1) is 0 Å². The molecule has 0 fully saturated rings. The fraction of sp³-hybridized carbons (Fsp3) is 0.452. The van der Waals surface area contributed by atoms with E-state index in [-0.39, 0.29) is 42.2 Å². The van der Waals surface area contributed by atoms with Crippen LogP contribution in [-0.4, -0.2) is 76.1 Å². The Morgan fingerprint density at radius 3 is 2.47 bits per heavy atom. The Bertz CT molecular complexity index is 1580. The number of halogens is 1. The number of pyridine rings is 1. The van der Waals surface area contributed by atoms with Gasteiger partial charge in [0.2, 0.25) is 5.91 Å². The van der Waals surface area contributed by atoms with Crippen molar-refractivity contribution >= 4 is 34.6 Å². The molecule has 232 valence electrons. The number of hydrogen-bond donors (Lipinski definition) is 1.